The lowest BCUT2D eigenvalue weighted by molar-refractivity contribution is -0.139. The Kier molecular flexibility index (Phi) is 5.45. The summed E-state index contributed by atoms with van der Waals surface area (Å²) in [4.78, 5) is 10.7. The third-order valence-electron chi connectivity index (χ3n) is 4.57. The van der Waals surface area contributed by atoms with Crippen LogP contribution in [0.5, 0.6) is 0 Å². The van der Waals surface area contributed by atoms with E-state index in [2.05, 4.69) is 35.9 Å². The van der Waals surface area contributed by atoms with E-state index in [4.69, 9.17) is 4.74 Å². The van der Waals surface area contributed by atoms with Crippen LogP contribution in [0.1, 0.15) is 33.1 Å². The highest BCUT2D eigenvalue weighted by Gasteiger charge is 2.46. The molecule has 5 heteroatoms. The van der Waals surface area contributed by atoms with Gasteiger partial charge in [0.1, 0.15) is 0 Å². The van der Waals surface area contributed by atoms with Crippen molar-refractivity contribution in [1.29, 1.82) is 10.5 Å². The van der Waals surface area contributed by atoms with Crippen molar-refractivity contribution in [2.75, 3.05) is 6.61 Å². The first-order valence-corrected chi connectivity index (χ1v) is 7.98. The van der Waals surface area contributed by atoms with Crippen LogP contribution in [0.25, 0.3) is 0 Å². The van der Waals surface area contributed by atoms with Crippen LogP contribution in [0.15, 0.2) is 23.8 Å². The number of nitriles is 2. The summed E-state index contributed by atoms with van der Waals surface area (Å²) in [6.07, 6.45) is 4.12. The molecule has 0 spiro atoms. The van der Waals surface area contributed by atoms with E-state index in [1.807, 2.05) is 13.0 Å². The van der Waals surface area contributed by atoms with Gasteiger partial charge in [-0.05, 0) is 25.3 Å². The van der Waals surface area contributed by atoms with E-state index >= 15 is 0 Å². The van der Waals surface area contributed by atoms with Crippen molar-refractivity contribution in [2.45, 2.75) is 45.2 Å². The maximum atomic E-state index is 10.7. The molecule has 1 N–H and O–H groups in total. The number of esters is 1. The Hall–Kier alpha value is -2.55. The minimum absolute atomic E-state index is 0.0293. The molecule has 124 valence electrons. The Balaban J connectivity index is 2.28. The molecule has 0 aromatic rings. The number of hydrogen-bond acceptors (Lipinski definition) is 5. The predicted octanol–water partition coefficient (Wildman–Crippen LogP) is 2.23. The van der Waals surface area contributed by atoms with Crippen LogP contribution in [-0.4, -0.2) is 24.7 Å². The standard InChI is InChI=1S/C19H21N3O2/c1-13(2)18-16(10-15-6-7-17(18)22-15)19(11-20,12-21)8-4-5-9-24-14(3)23/h10,15,17-18,22H,1,6-9H2,2-3H3/t15-,17?,18-/m1/s1. The number of rotatable bonds is 4. The lowest BCUT2D eigenvalue weighted by Crippen LogP contribution is -2.44. The van der Waals surface area contributed by atoms with E-state index in [1.54, 1.807) is 0 Å². The Morgan fingerprint density at radius 2 is 2.08 bits per heavy atom. The molecule has 0 aromatic heterocycles. The van der Waals surface area contributed by atoms with Crippen molar-refractivity contribution in [3.63, 3.8) is 0 Å². The number of carbonyl (C=O) groups excluding carboxylic acids is 1. The van der Waals surface area contributed by atoms with Crippen LogP contribution in [0.3, 0.4) is 0 Å². The van der Waals surface area contributed by atoms with Crippen molar-refractivity contribution in [2.24, 2.45) is 11.3 Å². The van der Waals surface area contributed by atoms with Crippen molar-refractivity contribution in [3.8, 4) is 24.0 Å². The summed E-state index contributed by atoms with van der Waals surface area (Å²) in [6, 6.07) is 4.79. The predicted molar refractivity (Wildman–Crippen MR) is 89.0 cm³/mol. The summed E-state index contributed by atoms with van der Waals surface area (Å²) < 4.78 is 4.76. The van der Waals surface area contributed by atoms with Crippen LogP contribution in [0.4, 0.5) is 0 Å². The van der Waals surface area contributed by atoms with Gasteiger partial charge in [0.15, 0.2) is 12.0 Å². The summed E-state index contributed by atoms with van der Waals surface area (Å²) in [7, 11) is 0. The molecule has 1 fully saturated rings. The Bertz CT molecular complexity index is 698. The monoisotopic (exact) mass is 323 g/mol. The molecular weight excluding hydrogens is 302 g/mol. The maximum Gasteiger partial charge on any atom is 0.303 e. The van der Waals surface area contributed by atoms with Crippen LogP contribution in [-0.2, 0) is 9.53 Å². The molecule has 0 amide bonds. The largest absolute Gasteiger partial charge is 0.453 e. The second-order valence-corrected chi connectivity index (χ2v) is 6.34. The second-order valence-electron chi connectivity index (χ2n) is 6.34. The minimum atomic E-state index is -1.30. The summed E-state index contributed by atoms with van der Waals surface area (Å²) in [5.41, 5.74) is 0.463. The smallest absolute Gasteiger partial charge is 0.303 e. The zero-order valence-electron chi connectivity index (χ0n) is 14.1. The van der Waals surface area contributed by atoms with E-state index in [9.17, 15) is 15.3 Å². The quantitative estimate of drug-likeness (QED) is 0.487. The Morgan fingerprint density at radius 3 is 2.67 bits per heavy atom. The molecule has 2 aliphatic heterocycles. The molecule has 2 bridgehead atoms. The summed E-state index contributed by atoms with van der Waals surface area (Å²) in [5.74, 6) is 5.09. The molecule has 2 heterocycles. The van der Waals surface area contributed by atoms with Gasteiger partial charge in [-0.1, -0.05) is 30.1 Å². The van der Waals surface area contributed by atoms with Gasteiger partial charge in [-0.15, -0.1) is 0 Å². The summed E-state index contributed by atoms with van der Waals surface area (Å²) in [5, 5.41) is 23.0. The molecule has 0 aromatic carbocycles. The van der Waals surface area contributed by atoms with E-state index in [1.165, 1.54) is 6.92 Å². The minimum Gasteiger partial charge on any atom is -0.453 e. The molecule has 1 saturated heterocycles. The number of carbonyl (C=O) groups is 1. The highest BCUT2D eigenvalue weighted by atomic mass is 16.5. The molecule has 2 aliphatic rings. The molecule has 1 unspecified atom stereocenters. The first-order chi connectivity index (χ1) is 11.4. The molecule has 0 radical (unpaired) electrons. The van der Waals surface area contributed by atoms with Gasteiger partial charge < -0.3 is 10.1 Å². The topological polar surface area (TPSA) is 85.9 Å². The first-order valence-electron chi connectivity index (χ1n) is 7.98. The van der Waals surface area contributed by atoms with E-state index in [0.29, 0.717) is 0 Å². The lowest BCUT2D eigenvalue weighted by Gasteiger charge is -2.36. The van der Waals surface area contributed by atoms with E-state index in [-0.39, 0.29) is 31.0 Å². The fourth-order valence-corrected chi connectivity index (χ4v) is 3.47. The van der Waals surface area contributed by atoms with Crippen molar-refractivity contribution >= 4 is 5.97 Å². The fraction of sp³-hybridized carbons (Fsp3) is 0.526. The van der Waals surface area contributed by atoms with Gasteiger partial charge >= 0.3 is 5.97 Å². The lowest BCUT2D eigenvalue weighted by atomic mass is 9.69. The zero-order valence-corrected chi connectivity index (χ0v) is 14.1. The zero-order chi connectivity index (χ0) is 17.7. The number of nitrogens with one attached hydrogen (secondary N) is 1. The van der Waals surface area contributed by atoms with Crippen molar-refractivity contribution < 1.29 is 9.53 Å². The molecule has 5 nitrogen and oxygen atoms in total. The van der Waals surface area contributed by atoms with Gasteiger partial charge in [0.2, 0.25) is 0 Å². The fourth-order valence-electron chi connectivity index (χ4n) is 3.47. The van der Waals surface area contributed by atoms with Gasteiger partial charge in [0.05, 0.1) is 12.1 Å². The SMILES string of the molecule is C=C(C)[C@@H]1C(C(C#N)(C#N)CC#CCOC(C)=O)=C[C@H]2CCC1N2. The first kappa shape index (κ1) is 17.8. The van der Waals surface area contributed by atoms with Gasteiger partial charge in [-0.25, -0.2) is 0 Å². The molecule has 0 saturated carbocycles. The van der Waals surface area contributed by atoms with Crippen LogP contribution in [0, 0.1) is 45.8 Å². The van der Waals surface area contributed by atoms with E-state index in [0.717, 1.165) is 24.0 Å². The van der Waals surface area contributed by atoms with Gasteiger partial charge in [-0.3, -0.25) is 4.79 Å². The van der Waals surface area contributed by atoms with Gasteiger partial charge in [0, 0.05) is 31.3 Å². The van der Waals surface area contributed by atoms with Gasteiger partial charge in [0.25, 0.3) is 0 Å². The Labute approximate surface area is 143 Å². The third-order valence-corrected chi connectivity index (χ3v) is 4.57. The van der Waals surface area contributed by atoms with Crippen LogP contribution < -0.4 is 5.32 Å². The summed E-state index contributed by atoms with van der Waals surface area (Å²) >= 11 is 0. The summed E-state index contributed by atoms with van der Waals surface area (Å²) in [6.45, 7) is 7.28. The van der Waals surface area contributed by atoms with Crippen molar-refractivity contribution in [1.82, 2.24) is 5.32 Å². The normalized spacial score (nSPS) is 24.7. The number of ether oxygens (including phenoxy) is 1. The molecule has 2 rings (SSSR count). The number of fused-ring (bicyclic) bond motifs is 2. The molecule has 3 atom stereocenters. The molecule has 24 heavy (non-hydrogen) atoms. The highest BCUT2D eigenvalue weighted by Crippen LogP contribution is 2.44. The Morgan fingerprint density at radius 1 is 1.38 bits per heavy atom. The van der Waals surface area contributed by atoms with Crippen LogP contribution in [0.2, 0.25) is 0 Å². The average molecular weight is 323 g/mol. The average Bonchev–Trinajstić information content (AvgIpc) is 2.91. The van der Waals surface area contributed by atoms with Crippen molar-refractivity contribution in [3.05, 3.63) is 23.8 Å². The highest BCUT2D eigenvalue weighted by molar-refractivity contribution is 5.66. The number of hydrogen-bond donors (Lipinski definition) is 1. The number of nitrogens with zero attached hydrogens (tertiary/aromatic N) is 2. The third kappa shape index (κ3) is 3.51. The molecular formula is C19H21N3O2. The van der Waals surface area contributed by atoms with Crippen LogP contribution >= 0.6 is 0 Å². The van der Waals surface area contributed by atoms with E-state index < -0.39 is 11.4 Å². The maximum absolute atomic E-state index is 10.7. The second kappa shape index (κ2) is 7.35. The molecule has 0 aliphatic carbocycles. The van der Waals surface area contributed by atoms with Gasteiger partial charge in [-0.2, -0.15) is 10.5 Å².